The summed E-state index contributed by atoms with van der Waals surface area (Å²) in [5.41, 5.74) is -0.126. The molecule has 2 amide bonds. The fraction of sp³-hybridized carbons (Fsp3) is 0.526. The fourth-order valence-corrected chi connectivity index (χ4v) is 3.94. The first kappa shape index (κ1) is 17.5. The molecule has 0 aliphatic carbocycles. The number of rotatable bonds is 4. The average Bonchev–Trinajstić information content (AvgIpc) is 3.18. The summed E-state index contributed by atoms with van der Waals surface area (Å²) in [6.07, 6.45) is 1.29. The van der Waals surface area contributed by atoms with E-state index in [2.05, 4.69) is 0 Å². The summed E-state index contributed by atoms with van der Waals surface area (Å²) in [7, 11) is 0. The fourth-order valence-electron chi connectivity index (χ4n) is 3.94. The molecule has 0 radical (unpaired) electrons. The first-order valence-corrected chi connectivity index (χ1v) is 8.74. The van der Waals surface area contributed by atoms with Crippen molar-refractivity contribution in [3.05, 3.63) is 35.9 Å². The topological polar surface area (TPSA) is 77.9 Å². The Bertz CT molecular complexity index is 690. The zero-order valence-corrected chi connectivity index (χ0v) is 14.6. The van der Waals surface area contributed by atoms with Gasteiger partial charge in [-0.1, -0.05) is 30.3 Å². The number of carbonyl (C=O) groups is 3. The van der Waals surface area contributed by atoms with Gasteiger partial charge in [0.15, 0.2) is 0 Å². The number of benzene rings is 1. The number of likely N-dealkylation sites (tertiary alicyclic amines) is 2. The van der Waals surface area contributed by atoms with E-state index in [0.29, 0.717) is 25.9 Å². The van der Waals surface area contributed by atoms with E-state index in [1.54, 1.807) is 11.8 Å². The predicted octanol–water partition coefficient (Wildman–Crippen LogP) is 2.06. The zero-order valence-electron chi connectivity index (χ0n) is 14.6. The van der Waals surface area contributed by atoms with Crippen LogP contribution in [0.3, 0.4) is 0 Å². The van der Waals surface area contributed by atoms with Gasteiger partial charge in [-0.15, -0.1) is 0 Å². The molecule has 2 saturated heterocycles. The number of carboxylic acids is 1. The van der Waals surface area contributed by atoms with Crippen molar-refractivity contribution >= 4 is 17.8 Å². The second-order valence-electron chi connectivity index (χ2n) is 7.21. The van der Waals surface area contributed by atoms with Gasteiger partial charge in [-0.05, 0) is 32.3 Å². The van der Waals surface area contributed by atoms with Gasteiger partial charge >= 0.3 is 5.97 Å². The van der Waals surface area contributed by atoms with Crippen molar-refractivity contribution in [3.63, 3.8) is 0 Å². The van der Waals surface area contributed by atoms with Crippen LogP contribution >= 0.6 is 0 Å². The maximum Gasteiger partial charge on any atom is 0.329 e. The molecule has 1 N–H and O–H groups in total. The van der Waals surface area contributed by atoms with Crippen LogP contribution in [0.2, 0.25) is 0 Å². The second-order valence-corrected chi connectivity index (χ2v) is 7.21. The monoisotopic (exact) mass is 344 g/mol. The number of carboxylic acid groups (broad SMARTS) is 1. The Hall–Kier alpha value is -2.37. The minimum atomic E-state index is -1.15. The minimum absolute atomic E-state index is 0.0501. The molecule has 6 nitrogen and oxygen atoms in total. The number of aliphatic carboxylic acids is 1. The summed E-state index contributed by atoms with van der Waals surface area (Å²) in [5.74, 6) is -1.70. The molecule has 25 heavy (non-hydrogen) atoms. The molecule has 6 heteroatoms. The third-order valence-corrected chi connectivity index (χ3v) is 5.62. The Morgan fingerprint density at radius 3 is 2.60 bits per heavy atom. The zero-order chi connectivity index (χ0) is 18.2. The van der Waals surface area contributed by atoms with Crippen LogP contribution in [-0.4, -0.2) is 51.3 Å². The highest BCUT2D eigenvalue weighted by atomic mass is 16.4. The van der Waals surface area contributed by atoms with Crippen LogP contribution in [0.1, 0.15) is 44.7 Å². The minimum Gasteiger partial charge on any atom is -0.480 e. The number of hydrogen-bond acceptors (Lipinski definition) is 3. The van der Waals surface area contributed by atoms with Gasteiger partial charge in [0.25, 0.3) is 0 Å². The molecule has 1 aromatic carbocycles. The van der Waals surface area contributed by atoms with Crippen LogP contribution in [-0.2, 0) is 14.4 Å². The molecule has 2 aliphatic rings. The highest BCUT2D eigenvalue weighted by Crippen LogP contribution is 2.34. The molecule has 2 fully saturated rings. The molecular formula is C19H24N2O4. The van der Waals surface area contributed by atoms with Crippen LogP contribution in [0.4, 0.5) is 0 Å². The van der Waals surface area contributed by atoms with E-state index in [1.165, 1.54) is 4.90 Å². The Morgan fingerprint density at radius 2 is 1.96 bits per heavy atom. The Morgan fingerprint density at radius 1 is 1.28 bits per heavy atom. The van der Waals surface area contributed by atoms with Gasteiger partial charge in [0, 0.05) is 19.5 Å². The molecule has 0 aromatic heterocycles. The number of amides is 2. The molecule has 3 unspecified atom stereocenters. The van der Waals surface area contributed by atoms with Crippen LogP contribution in [0.5, 0.6) is 0 Å². The first-order chi connectivity index (χ1) is 11.8. The quantitative estimate of drug-likeness (QED) is 0.907. The summed E-state index contributed by atoms with van der Waals surface area (Å²) < 4.78 is 0. The molecular weight excluding hydrogens is 320 g/mol. The lowest BCUT2D eigenvalue weighted by atomic mass is 9.97. The maximum absolute atomic E-state index is 12.9. The number of nitrogens with zero attached hydrogens (tertiary/aromatic N) is 2. The van der Waals surface area contributed by atoms with Crippen molar-refractivity contribution in [3.8, 4) is 0 Å². The smallest absolute Gasteiger partial charge is 0.329 e. The average molecular weight is 344 g/mol. The molecule has 2 heterocycles. The number of hydrogen-bond donors (Lipinski definition) is 1. The summed E-state index contributed by atoms with van der Waals surface area (Å²) >= 11 is 0. The van der Waals surface area contributed by atoms with Crippen LogP contribution in [0, 0.1) is 5.92 Å². The van der Waals surface area contributed by atoms with Crippen molar-refractivity contribution in [2.75, 3.05) is 13.1 Å². The standard InChI is InChI=1S/C19H24N2O4/c1-13(14-7-4-3-5-8-14)20-12-15(11-16(20)22)17(23)21-10-6-9-19(21,2)18(24)25/h3-5,7-8,13,15H,6,9-12H2,1-2H3,(H,24,25). The van der Waals surface area contributed by atoms with E-state index in [9.17, 15) is 19.5 Å². The van der Waals surface area contributed by atoms with Gasteiger partial charge in [-0.3, -0.25) is 9.59 Å². The summed E-state index contributed by atoms with van der Waals surface area (Å²) in [4.78, 5) is 40.1. The van der Waals surface area contributed by atoms with E-state index in [1.807, 2.05) is 37.3 Å². The van der Waals surface area contributed by atoms with Gasteiger partial charge in [0.1, 0.15) is 5.54 Å². The van der Waals surface area contributed by atoms with Crippen molar-refractivity contribution in [2.45, 2.75) is 44.7 Å². The van der Waals surface area contributed by atoms with Crippen LogP contribution < -0.4 is 0 Å². The molecule has 3 atom stereocenters. The van der Waals surface area contributed by atoms with Gasteiger partial charge in [-0.25, -0.2) is 4.79 Å². The molecule has 0 bridgehead atoms. The van der Waals surface area contributed by atoms with Crippen LogP contribution in [0.15, 0.2) is 30.3 Å². The highest BCUT2D eigenvalue weighted by Gasteiger charge is 2.49. The highest BCUT2D eigenvalue weighted by molar-refractivity contribution is 5.93. The second kappa shape index (κ2) is 6.50. The first-order valence-electron chi connectivity index (χ1n) is 8.74. The largest absolute Gasteiger partial charge is 0.480 e. The van der Waals surface area contributed by atoms with E-state index in [4.69, 9.17) is 0 Å². The van der Waals surface area contributed by atoms with Gasteiger partial charge in [0.05, 0.1) is 12.0 Å². The van der Waals surface area contributed by atoms with E-state index in [0.717, 1.165) is 5.56 Å². The SMILES string of the molecule is CC(c1ccccc1)N1CC(C(=O)N2CCCC2(C)C(=O)O)CC1=O. The van der Waals surface area contributed by atoms with Gasteiger partial charge in [-0.2, -0.15) is 0 Å². The van der Waals surface area contributed by atoms with Crippen LogP contribution in [0.25, 0.3) is 0 Å². The normalized spacial score (nSPS) is 27.6. The van der Waals surface area contributed by atoms with E-state index in [-0.39, 0.29) is 24.3 Å². The molecule has 134 valence electrons. The molecule has 1 aromatic rings. The van der Waals surface area contributed by atoms with Gasteiger partial charge < -0.3 is 14.9 Å². The molecule has 0 saturated carbocycles. The molecule has 2 aliphatic heterocycles. The van der Waals surface area contributed by atoms with Crippen molar-refractivity contribution < 1.29 is 19.5 Å². The van der Waals surface area contributed by atoms with Crippen molar-refractivity contribution in [2.24, 2.45) is 5.92 Å². The summed E-state index contributed by atoms with van der Waals surface area (Å²) in [6.45, 7) is 4.35. The summed E-state index contributed by atoms with van der Waals surface area (Å²) in [5, 5.41) is 9.50. The Kier molecular flexibility index (Phi) is 4.54. The Balaban J connectivity index is 1.74. The van der Waals surface area contributed by atoms with Crippen molar-refractivity contribution in [1.82, 2.24) is 9.80 Å². The Labute approximate surface area is 147 Å². The van der Waals surface area contributed by atoms with Gasteiger partial charge in [0.2, 0.25) is 11.8 Å². The summed E-state index contributed by atoms with van der Waals surface area (Å²) in [6, 6.07) is 9.61. The maximum atomic E-state index is 12.9. The van der Waals surface area contributed by atoms with E-state index >= 15 is 0 Å². The lowest BCUT2D eigenvalue weighted by molar-refractivity contribution is -0.156. The lowest BCUT2D eigenvalue weighted by Crippen LogP contribution is -2.52. The third-order valence-electron chi connectivity index (χ3n) is 5.62. The predicted molar refractivity (Wildman–Crippen MR) is 91.7 cm³/mol. The molecule has 3 rings (SSSR count). The van der Waals surface area contributed by atoms with Crippen molar-refractivity contribution in [1.29, 1.82) is 0 Å². The number of carbonyl (C=O) groups excluding carboxylic acids is 2. The lowest BCUT2D eigenvalue weighted by Gasteiger charge is -2.33. The third kappa shape index (κ3) is 3.01. The molecule has 0 spiro atoms. The van der Waals surface area contributed by atoms with E-state index < -0.39 is 17.4 Å².